The molecule has 2 amide bonds. The van der Waals surface area contributed by atoms with Gasteiger partial charge in [-0.05, 0) is 85.8 Å². The first-order valence-electron chi connectivity index (χ1n) is 11.7. The van der Waals surface area contributed by atoms with Crippen LogP contribution >= 0.6 is 0 Å². The number of aryl methyl sites for hydroxylation is 3. The van der Waals surface area contributed by atoms with Crippen LogP contribution < -0.4 is 15.4 Å². The molecule has 0 spiro atoms. The summed E-state index contributed by atoms with van der Waals surface area (Å²) in [5.41, 5.74) is 4.29. The lowest BCUT2D eigenvalue weighted by molar-refractivity contribution is 0.0990. The number of amides is 2. The van der Waals surface area contributed by atoms with Gasteiger partial charge in [-0.2, -0.15) is 5.10 Å². The van der Waals surface area contributed by atoms with E-state index in [1.54, 1.807) is 53.3 Å². The maximum Gasteiger partial charge on any atom is 0.291 e. The molecule has 2 aromatic heterocycles. The summed E-state index contributed by atoms with van der Waals surface area (Å²) < 4.78 is 13.2. The second-order valence-corrected chi connectivity index (χ2v) is 8.36. The first-order chi connectivity index (χ1) is 17.1. The number of nitrogens with zero attached hydrogens (tertiary/aromatic N) is 2. The normalized spacial score (nSPS) is 12.3. The fourth-order valence-corrected chi connectivity index (χ4v) is 4.21. The molecule has 0 unspecified atom stereocenters. The maximum absolute atomic E-state index is 12.7. The molecular formula is C27H26N4O4. The second-order valence-electron chi connectivity index (χ2n) is 8.36. The molecule has 2 heterocycles. The SMILES string of the molecule is CCn1nccc1C(=O)Nc1cccc(NC(=O)c2ccc(COc3ccc4c(c3)CCC4)o2)c1. The van der Waals surface area contributed by atoms with Crippen molar-refractivity contribution in [1.82, 2.24) is 9.78 Å². The van der Waals surface area contributed by atoms with Crippen molar-refractivity contribution in [3.63, 3.8) is 0 Å². The van der Waals surface area contributed by atoms with Gasteiger partial charge in [0, 0.05) is 24.1 Å². The van der Waals surface area contributed by atoms with E-state index in [1.165, 1.54) is 17.5 Å². The third-order valence-corrected chi connectivity index (χ3v) is 5.96. The van der Waals surface area contributed by atoms with E-state index < -0.39 is 0 Å². The highest BCUT2D eigenvalue weighted by molar-refractivity contribution is 6.05. The number of benzene rings is 2. The van der Waals surface area contributed by atoms with Gasteiger partial charge in [0.25, 0.3) is 11.8 Å². The largest absolute Gasteiger partial charge is 0.486 e. The monoisotopic (exact) mass is 470 g/mol. The minimum absolute atomic E-state index is 0.179. The lowest BCUT2D eigenvalue weighted by Gasteiger charge is -2.09. The van der Waals surface area contributed by atoms with Crippen LogP contribution in [0.4, 0.5) is 11.4 Å². The van der Waals surface area contributed by atoms with E-state index >= 15 is 0 Å². The highest BCUT2D eigenvalue weighted by Crippen LogP contribution is 2.26. The van der Waals surface area contributed by atoms with Crippen molar-refractivity contribution in [2.75, 3.05) is 10.6 Å². The highest BCUT2D eigenvalue weighted by atomic mass is 16.5. The summed E-state index contributed by atoms with van der Waals surface area (Å²) in [6, 6.07) is 18.1. The third-order valence-electron chi connectivity index (χ3n) is 5.96. The molecule has 178 valence electrons. The van der Waals surface area contributed by atoms with Crippen molar-refractivity contribution in [3.05, 3.63) is 95.2 Å². The van der Waals surface area contributed by atoms with Crippen LogP contribution in [-0.4, -0.2) is 21.6 Å². The van der Waals surface area contributed by atoms with E-state index in [0.29, 0.717) is 29.4 Å². The van der Waals surface area contributed by atoms with Crippen molar-refractivity contribution in [2.45, 2.75) is 39.3 Å². The zero-order valence-corrected chi connectivity index (χ0v) is 19.4. The Balaban J connectivity index is 1.18. The van der Waals surface area contributed by atoms with E-state index in [2.05, 4.69) is 27.9 Å². The first-order valence-corrected chi connectivity index (χ1v) is 11.7. The van der Waals surface area contributed by atoms with Crippen molar-refractivity contribution in [1.29, 1.82) is 0 Å². The van der Waals surface area contributed by atoms with Gasteiger partial charge in [0.1, 0.15) is 23.8 Å². The van der Waals surface area contributed by atoms with Crippen LogP contribution in [0.2, 0.25) is 0 Å². The van der Waals surface area contributed by atoms with Gasteiger partial charge in [-0.1, -0.05) is 12.1 Å². The Morgan fingerprint density at radius 1 is 0.971 bits per heavy atom. The number of nitrogens with one attached hydrogen (secondary N) is 2. The number of carbonyl (C=O) groups is 2. The summed E-state index contributed by atoms with van der Waals surface area (Å²) in [4.78, 5) is 25.2. The smallest absolute Gasteiger partial charge is 0.291 e. The minimum atomic E-state index is -0.388. The predicted molar refractivity (Wildman–Crippen MR) is 132 cm³/mol. The Hall–Kier alpha value is -4.33. The Labute approximate surface area is 202 Å². The molecule has 5 rings (SSSR count). The van der Waals surface area contributed by atoms with Crippen LogP contribution in [-0.2, 0) is 26.0 Å². The van der Waals surface area contributed by atoms with E-state index in [1.807, 2.05) is 13.0 Å². The third kappa shape index (κ3) is 5.11. The molecule has 2 N–H and O–H groups in total. The maximum atomic E-state index is 12.7. The van der Waals surface area contributed by atoms with Gasteiger partial charge in [-0.15, -0.1) is 0 Å². The lowest BCUT2D eigenvalue weighted by atomic mass is 10.1. The predicted octanol–water partition coefficient (Wildman–Crippen LogP) is 5.07. The zero-order valence-electron chi connectivity index (χ0n) is 19.4. The molecule has 0 atom stereocenters. The van der Waals surface area contributed by atoms with Crippen LogP contribution in [0.15, 0.2) is 71.3 Å². The fraction of sp³-hybridized carbons (Fsp3) is 0.222. The Morgan fingerprint density at radius 2 is 1.77 bits per heavy atom. The van der Waals surface area contributed by atoms with E-state index in [4.69, 9.17) is 9.15 Å². The van der Waals surface area contributed by atoms with Gasteiger partial charge in [0.15, 0.2) is 5.76 Å². The van der Waals surface area contributed by atoms with E-state index in [-0.39, 0.29) is 24.2 Å². The Morgan fingerprint density at radius 3 is 2.60 bits per heavy atom. The van der Waals surface area contributed by atoms with Gasteiger partial charge in [0.2, 0.25) is 0 Å². The molecule has 0 fully saturated rings. The molecule has 1 aliphatic carbocycles. The van der Waals surface area contributed by atoms with Gasteiger partial charge in [0.05, 0.1) is 0 Å². The molecule has 0 radical (unpaired) electrons. The van der Waals surface area contributed by atoms with E-state index in [9.17, 15) is 9.59 Å². The van der Waals surface area contributed by atoms with Crippen LogP contribution in [0.5, 0.6) is 5.75 Å². The average Bonchev–Trinajstić information content (AvgIpc) is 3.63. The Kier molecular flexibility index (Phi) is 6.34. The average molecular weight is 471 g/mol. The Bertz CT molecular complexity index is 1370. The van der Waals surface area contributed by atoms with Crippen molar-refractivity contribution >= 4 is 23.2 Å². The second kappa shape index (κ2) is 9.89. The number of hydrogen-bond donors (Lipinski definition) is 2. The summed E-state index contributed by atoms with van der Waals surface area (Å²) in [5, 5.41) is 9.75. The number of aromatic nitrogens is 2. The summed E-state index contributed by atoms with van der Waals surface area (Å²) in [6.07, 6.45) is 5.00. The lowest BCUT2D eigenvalue weighted by Crippen LogP contribution is -2.17. The van der Waals surface area contributed by atoms with Gasteiger partial charge < -0.3 is 19.8 Å². The fourth-order valence-electron chi connectivity index (χ4n) is 4.21. The molecule has 8 nitrogen and oxygen atoms in total. The molecular weight excluding hydrogens is 444 g/mol. The van der Waals surface area contributed by atoms with E-state index in [0.717, 1.165) is 18.6 Å². The molecule has 0 bridgehead atoms. The molecule has 2 aromatic carbocycles. The summed E-state index contributed by atoms with van der Waals surface area (Å²) >= 11 is 0. The number of anilines is 2. The molecule has 0 saturated carbocycles. The minimum Gasteiger partial charge on any atom is -0.486 e. The molecule has 1 aliphatic rings. The number of ether oxygens (including phenoxy) is 1. The number of fused-ring (bicyclic) bond motifs is 1. The van der Waals surface area contributed by atoms with Crippen molar-refractivity contribution in [3.8, 4) is 5.75 Å². The molecule has 0 saturated heterocycles. The van der Waals surface area contributed by atoms with Gasteiger partial charge in [-0.25, -0.2) is 0 Å². The van der Waals surface area contributed by atoms with Crippen LogP contribution in [0.25, 0.3) is 0 Å². The number of furan rings is 1. The van der Waals surface area contributed by atoms with Gasteiger partial charge in [-0.3, -0.25) is 14.3 Å². The van der Waals surface area contributed by atoms with Crippen LogP contribution in [0, 0.1) is 0 Å². The number of hydrogen-bond acceptors (Lipinski definition) is 5. The quantitative estimate of drug-likeness (QED) is 0.375. The summed E-state index contributed by atoms with van der Waals surface area (Å²) in [6.45, 7) is 2.75. The number of rotatable bonds is 8. The van der Waals surface area contributed by atoms with Crippen molar-refractivity contribution < 1.29 is 18.7 Å². The van der Waals surface area contributed by atoms with Crippen LogP contribution in [0.3, 0.4) is 0 Å². The number of carbonyl (C=O) groups excluding carboxylic acids is 2. The topological polar surface area (TPSA) is 98.4 Å². The standard InChI is InChI=1S/C27H26N4O4/c1-2-31-24(13-14-28-31)26(32)29-20-7-4-8-21(16-20)30-27(33)25-12-11-23(35-25)17-34-22-10-9-18-5-3-6-19(18)15-22/h4,7-16H,2-3,5-6,17H2,1H3,(H,29,32)(H,30,33). The summed E-state index contributed by atoms with van der Waals surface area (Å²) in [5.74, 6) is 0.880. The van der Waals surface area contributed by atoms with Crippen LogP contribution in [0.1, 0.15) is 51.3 Å². The van der Waals surface area contributed by atoms with Gasteiger partial charge >= 0.3 is 0 Å². The van der Waals surface area contributed by atoms with Crippen molar-refractivity contribution in [2.24, 2.45) is 0 Å². The summed E-state index contributed by atoms with van der Waals surface area (Å²) in [7, 11) is 0. The molecule has 35 heavy (non-hydrogen) atoms. The molecule has 8 heteroatoms. The zero-order chi connectivity index (χ0) is 24.2. The molecule has 0 aliphatic heterocycles. The first kappa shape index (κ1) is 22.5. The molecule has 4 aromatic rings. The highest BCUT2D eigenvalue weighted by Gasteiger charge is 2.15.